The molecule has 5 nitrogen and oxygen atoms in total. The fourth-order valence-corrected chi connectivity index (χ4v) is 2.12. The number of carbonyl (C=O) groups excluding carboxylic acids is 1. The molecule has 1 aromatic carbocycles. The molecule has 0 fully saturated rings. The van der Waals surface area contributed by atoms with E-state index in [0.717, 1.165) is 11.3 Å². The van der Waals surface area contributed by atoms with Crippen LogP contribution in [0, 0.1) is 5.41 Å². The predicted octanol–water partition coefficient (Wildman–Crippen LogP) is 1.78. The van der Waals surface area contributed by atoms with Gasteiger partial charge in [0.25, 0.3) is 0 Å². The van der Waals surface area contributed by atoms with Gasteiger partial charge in [-0.05, 0) is 26.3 Å². The van der Waals surface area contributed by atoms with Crippen LogP contribution in [0.4, 0.5) is 0 Å². The topological polar surface area (TPSA) is 75.6 Å². The summed E-state index contributed by atoms with van der Waals surface area (Å²) in [4.78, 5) is 23.3. The fraction of sp³-hybridized carbons (Fsp3) is 0.467. The van der Waals surface area contributed by atoms with Crippen LogP contribution in [0.2, 0.25) is 0 Å². The quantitative estimate of drug-likeness (QED) is 0.879. The third kappa shape index (κ3) is 2.92. The number of nitrogens with one attached hydrogen (secondary N) is 1. The zero-order valence-corrected chi connectivity index (χ0v) is 11.7. The summed E-state index contributed by atoms with van der Waals surface area (Å²) < 4.78 is 5.51. The number of amides is 1. The normalized spacial score (nSPS) is 17.8. The molecular formula is C15H19NO4. The average Bonchev–Trinajstić information content (AvgIpc) is 2.44. The Morgan fingerprint density at radius 1 is 1.40 bits per heavy atom. The van der Waals surface area contributed by atoms with Gasteiger partial charge in [0.05, 0.1) is 17.9 Å². The van der Waals surface area contributed by atoms with E-state index in [1.54, 1.807) is 13.8 Å². The van der Waals surface area contributed by atoms with Crippen LogP contribution < -0.4 is 10.1 Å². The molecule has 0 radical (unpaired) electrons. The van der Waals surface area contributed by atoms with Crippen LogP contribution in [0.25, 0.3) is 0 Å². The average molecular weight is 277 g/mol. The minimum Gasteiger partial charge on any atom is -0.493 e. The number of carboxylic acids is 1. The number of rotatable bonds is 4. The molecular weight excluding hydrogens is 258 g/mol. The summed E-state index contributed by atoms with van der Waals surface area (Å²) in [6, 6.07) is 7.46. The lowest BCUT2D eigenvalue weighted by Crippen LogP contribution is -2.41. The SMILES string of the molecule is CC(C)(CNC(=O)C1CCOc2ccccc21)C(=O)O. The van der Waals surface area contributed by atoms with E-state index in [2.05, 4.69) is 5.32 Å². The molecule has 0 saturated carbocycles. The minimum absolute atomic E-state index is 0.112. The van der Waals surface area contributed by atoms with Crippen molar-refractivity contribution in [3.8, 4) is 5.75 Å². The van der Waals surface area contributed by atoms with Gasteiger partial charge < -0.3 is 15.2 Å². The Kier molecular flexibility index (Phi) is 3.97. The smallest absolute Gasteiger partial charge is 0.310 e. The first-order valence-corrected chi connectivity index (χ1v) is 6.64. The van der Waals surface area contributed by atoms with Crippen LogP contribution in [0.15, 0.2) is 24.3 Å². The number of carboxylic acid groups (broad SMARTS) is 1. The second-order valence-corrected chi connectivity index (χ2v) is 5.63. The van der Waals surface area contributed by atoms with Crippen molar-refractivity contribution in [3.05, 3.63) is 29.8 Å². The van der Waals surface area contributed by atoms with E-state index < -0.39 is 11.4 Å². The highest BCUT2D eigenvalue weighted by Crippen LogP contribution is 2.33. The van der Waals surface area contributed by atoms with Crippen LogP contribution in [0.5, 0.6) is 5.75 Å². The van der Waals surface area contributed by atoms with E-state index >= 15 is 0 Å². The molecule has 1 aliphatic heterocycles. The minimum atomic E-state index is -0.972. The number of benzene rings is 1. The fourth-order valence-electron chi connectivity index (χ4n) is 2.12. The molecule has 1 heterocycles. The van der Waals surface area contributed by atoms with E-state index in [0.29, 0.717) is 13.0 Å². The molecule has 1 aliphatic rings. The molecule has 0 aromatic heterocycles. The first kappa shape index (κ1) is 14.4. The number of carbonyl (C=O) groups is 2. The van der Waals surface area contributed by atoms with Crippen molar-refractivity contribution < 1.29 is 19.4 Å². The van der Waals surface area contributed by atoms with E-state index in [1.165, 1.54) is 0 Å². The highest BCUT2D eigenvalue weighted by molar-refractivity contribution is 5.85. The van der Waals surface area contributed by atoms with Crippen LogP contribution >= 0.6 is 0 Å². The lowest BCUT2D eigenvalue weighted by atomic mass is 9.90. The van der Waals surface area contributed by atoms with Crippen molar-refractivity contribution in [2.45, 2.75) is 26.2 Å². The van der Waals surface area contributed by atoms with Crippen molar-refractivity contribution in [3.63, 3.8) is 0 Å². The van der Waals surface area contributed by atoms with Crippen molar-refractivity contribution in [2.75, 3.05) is 13.2 Å². The standard InChI is InChI=1S/C15H19NO4/c1-15(2,14(18)19)9-16-13(17)11-7-8-20-12-6-4-3-5-10(11)12/h3-6,11H,7-9H2,1-2H3,(H,16,17)(H,18,19). The first-order chi connectivity index (χ1) is 9.42. The predicted molar refractivity (Wildman–Crippen MR) is 73.7 cm³/mol. The van der Waals surface area contributed by atoms with Gasteiger partial charge in [-0.3, -0.25) is 9.59 Å². The molecule has 2 rings (SSSR count). The van der Waals surface area contributed by atoms with Crippen molar-refractivity contribution in [1.82, 2.24) is 5.32 Å². The van der Waals surface area contributed by atoms with Gasteiger partial charge in [-0.2, -0.15) is 0 Å². The summed E-state index contributed by atoms with van der Waals surface area (Å²) in [5.74, 6) is -0.610. The third-order valence-electron chi connectivity index (χ3n) is 3.56. The Hall–Kier alpha value is -2.04. The molecule has 1 unspecified atom stereocenters. The van der Waals surface area contributed by atoms with Gasteiger partial charge in [-0.1, -0.05) is 18.2 Å². The molecule has 0 saturated heterocycles. The van der Waals surface area contributed by atoms with Gasteiger partial charge in [-0.15, -0.1) is 0 Å². The van der Waals surface area contributed by atoms with Gasteiger partial charge in [0.2, 0.25) is 5.91 Å². The summed E-state index contributed by atoms with van der Waals surface area (Å²) in [6.07, 6.45) is 0.607. The molecule has 20 heavy (non-hydrogen) atoms. The number of aliphatic carboxylic acids is 1. The summed E-state index contributed by atoms with van der Waals surface area (Å²) in [7, 11) is 0. The van der Waals surface area contributed by atoms with E-state index in [-0.39, 0.29) is 18.4 Å². The second kappa shape index (κ2) is 5.53. The molecule has 1 aromatic rings. The number of hydrogen-bond donors (Lipinski definition) is 2. The van der Waals surface area contributed by atoms with E-state index in [4.69, 9.17) is 9.84 Å². The van der Waals surface area contributed by atoms with Crippen LogP contribution in [0.1, 0.15) is 31.7 Å². The second-order valence-electron chi connectivity index (χ2n) is 5.63. The molecule has 2 N–H and O–H groups in total. The van der Waals surface area contributed by atoms with Crippen molar-refractivity contribution >= 4 is 11.9 Å². The zero-order valence-electron chi connectivity index (χ0n) is 11.7. The maximum atomic E-state index is 12.3. The van der Waals surface area contributed by atoms with Crippen LogP contribution in [0.3, 0.4) is 0 Å². The number of ether oxygens (including phenoxy) is 1. The lowest BCUT2D eigenvalue weighted by Gasteiger charge is -2.26. The Bertz CT molecular complexity index is 524. The molecule has 108 valence electrons. The van der Waals surface area contributed by atoms with Gasteiger partial charge >= 0.3 is 5.97 Å². The van der Waals surface area contributed by atoms with Gasteiger partial charge in [0.15, 0.2) is 0 Å². The van der Waals surface area contributed by atoms with E-state index in [9.17, 15) is 9.59 Å². The van der Waals surface area contributed by atoms with E-state index in [1.807, 2.05) is 24.3 Å². The summed E-state index contributed by atoms with van der Waals surface area (Å²) in [5, 5.41) is 11.8. The van der Waals surface area contributed by atoms with Gasteiger partial charge in [0.1, 0.15) is 5.75 Å². The number of fused-ring (bicyclic) bond motifs is 1. The molecule has 1 atom stereocenters. The molecule has 0 bridgehead atoms. The highest BCUT2D eigenvalue weighted by Gasteiger charge is 2.31. The van der Waals surface area contributed by atoms with Gasteiger partial charge in [-0.25, -0.2) is 0 Å². The Morgan fingerprint density at radius 3 is 2.80 bits per heavy atom. The molecule has 1 amide bonds. The highest BCUT2D eigenvalue weighted by atomic mass is 16.5. The Balaban J connectivity index is 2.06. The first-order valence-electron chi connectivity index (χ1n) is 6.64. The van der Waals surface area contributed by atoms with Crippen molar-refractivity contribution in [1.29, 1.82) is 0 Å². The summed E-state index contributed by atoms with van der Waals surface area (Å²) >= 11 is 0. The van der Waals surface area contributed by atoms with Crippen molar-refractivity contribution in [2.24, 2.45) is 5.41 Å². The summed E-state index contributed by atoms with van der Waals surface area (Å²) in [6.45, 7) is 3.79. The maximum absolute atomic E-state index is 12.3. The van der Waals surface area contributed by atoms with Gasteiger partial charge in [0, 0.05) is 12.1 Å². The monoisotopic (exact) mass is 277 g/mol. The largest absolute Gasteiger partial charge is 0.493 e. The zero-order chi connectivity index (χ0) is 14.8. The maximum Gasteiger partial charge on any atom is 0.310 e. The third-order valence-corrected chi connectivity index (χ3v) is 3.56. The summed E-state index contributed by atoms with van der Waals surface area (Å²) in [5.41, 5.74) is -0.107. The molecule has 5 heteroatoms. The Labute approximate surface area is 117 Å². The molecule has 0 spiro atoms. The molecule has 0 aliphatic carbocycles. The number of hydrogen-bond acceptors (Lipinski definition) is 3. The lowest BCUT2D eigenvalue weighted by molar-refractivity contribution is -0.146. The number of para-hydroxylation sites is 1. The van der Waals surface area contributed by atoms with Crippen LogP contribution in [-0.2, 0) is 9.59 Å². The van der Waals surface area contributed by atoms with Crippen LogP contribution in [-0.4, -0.2) is 30.1 Å². The Morgan fingerprint density at radius 2 is 2.10 bits per heavy atom.